The topological polar surface area (TPSA) is 63.6 Å². The van der Waals surface area contributed by atoms with Gasteiger partial charge < -0.3 is 19.1 Å². The Balaban J connectivity index is 1.67. The molecule has 2 aromatic carbocycles. The van der Waals surface area contributed by atoms with Gasteiger partial charge in [-0.2, -0.15) is 5.10 Å². The molecule has 0 aliphatic carbocycles. The fraction of sp³-hybridized carbons (Fsp3) is 0.333. The highest BCUT2D eigenvalue weighted by atomic mass is 35.5. The van der Waals surface area contributed by atoms with Crippen molar-refractivity contribution in [1.29, 1.82) is 0 Å². The van der Waals surface area contributed by atoms with E-state index in [0.29, 0.717) is 11.5 Å². The van der Waals surface area contributed by atoms with E-state index >= 15 is 0 Å². The van der Waals surface area contributed by atoms with Gasteiger partial charge in [-0.25, -0.2) is 0 Å². The van der Waals surface area contributed by atoms with E-state index in [4.69, 9.17) is 25.8 Å². The molecule has 0 unspecified atom stereocenters. The molecule has 0 radical (unpaired) electrons. The third-order valence-corrected chi connectivity index (χ3v) is 4.80. The molecular formula is C21H24ClN3O4. The first-order valence-electron chi connectivity index (χ1n) is 9.24. The molecular weight excluding hydrogens is 394 g/mol. The largest absolute Gasteiger partial charge is 0.493 e. The van der Waals surface area contributed by atoms with E-state index in [-0.39, 0.29) is 5.75 Å². The van der Waals surface area contributed by atoms with Gasteiger partial charge in [-0.05, 0) is 36.4 Å². The molecule has 2 aromatic rings. The lowest BCUT2D eigenvalue weighted by molar-refractivity contribution is -0.132. The Morgan fingerprint density at radius 2 is 1.62 bits per heavy atom. The highest BCUT2D eigenvalue weighted by molar-refractivity contribution is 6.30. The van der Waals surface area contributed by atoms with E-state index in [1.54, 1.807) is 18.3 Å². The minimum absolute atomic E-state index is 0.260. The molecule has 0 N–H and O–H groups in total. The van der Waals surface area contributed by atoms with Crippen LogP contribution in [0.15, 0.2) is 41.5 Å². The van der Waals surface area contributed by atoms with Crippen molar-refractivity contribution in [2.75, 3.05) is 45.3 Å². The van der Waals surface area contributed by atoms with Crippen LogP contribution in [-0.4, -0.2) is 57.6 Å². The van der Waals surface area contributed by atoms with Gasteiger partial charge in [0.1, 0.15) is 0 Å². The van der Waals surface area contributed by atoms with Crippen LogP contribution in [0.4, 0.5) is 5.69 Å². The molecule has 0 spiro atoms. The number of nitrogens with zero attached hydrogens (tertiary/aromatic N) is 3. The van der Waals surface area contributed by atoms with Crippen LogP contribution in [0, 0.1) is 0 Å². The Hall–Kier alpha value is -2.93. The first-order valence-corrected chi connectivity index (χ1v) is 9.62. The summed E-state index contributed by atoms with van der Waals surface area (Å²) in [7, 11) is 3.03. The molecule has 7 nitrogen and oxygen atoms in total. The molecule has 0 aromatic heterocycles. The van der Waals surface area contributed by atoms with E-state index in [2.05, 4.69) is 10.0 Å². The van der Waals surface area contributed by atoms with Crippen LogP contribution in [0.1, 0.15) is 12.5 Å². The molecule has 0 bridgehead atoms. The fourth-order valence-electron chi connectivity index (χ4n) is 3.09. The predicted molar refractivity (Wildman–Crippen MR) is 114 cm³/mol. The van der Waals surface area contributed by atoms with E-state index < -0.39 is 5.97 Å². The molecule has 0 amide bonds. The number of carbonyl (C=O) groups excluding carboxylic acids is 1. The van der Waals surface area contributed by atoms with Crippen molar-refractivity contribution >= 4 is 29.5 Å². The zero-order valence-corrected chi connectivity index (χ0v) is 17.5. The predicted octanol–water partition coefficient (Wildman–Crippen LogP) is 3.44. The standard InChI is InChI=1S/C21H24ClN3O4/c1-15(26)29-21-19(27-2)12-16(13-20(21)28-3)14-23-25-10-8-24(9-11-25)18-6-4-17(22)5-7-18/h4-7,12-14H,8-11H2,1-3H3/b23-14-. The molecule has 0 saturated carbocycles. The Morgan fingerprint density at radius 1 is 1.03 bits per heavy atom. The van der Waals surface area contributed by atoms with Crippen LogP contribution in [0.25, 0.3) is 0 Å². The lowest BCUT2D eigenvalue weighted by atomic mass is 10.2. The first-order chi connectivity index (χ1) is 14.0. The van der Waals surface area contributed by atoms with Gasteiger partial charge >= 0.3 is 5.97 Å². The smallest absolute Gasteiger partial charge is 0.308 e. The molecule has 3 rings (SSSR count). The summed E-state index contributed by atoms with van der Waals surface area (Å²) in [4.78, 5) is 13.6. The number of hydrogen-bond acceptors (Lipinski definition) is 7. The Bertz CT molecular complexity index is 853. The maximum absolute atomic E-state index is 11.3. The van der Waals surface area contributed by atoms with Crippen molar-refractivity contribution in [2.24, 2.45) is 5.10 Å². The molecule has 29 heavy (non-hydrogen) atoms. The Labute approximate surface area is 175 Å². The van der Waals surface area contributed by atoms with Crippen LogP contribution in [0.5, 0.6) is 17.2 Å². The summed E-state index contributed by atoms with van der Waals surface area (Å²) in [5, 5.41) is 7.34. The highest BCUT2D eigenvalue weighted by Gasteiger charge is 2.17. The van der Waals surface area contributed by atoms with Crippen molar-refractivity contribution in [3.63, 3.8) is 0 Å². The van der Waals surface area contributed by atoms with E-state index in [0.717, 1.165) is 42.5 Å². The number of hydrogen-bond donors (Lipinski definition) is 0. The molecule has 8 heteroatoms. The minimum Gasteiger partial charge on any atom is -0.493 e. The van der Waals surface area contributed by atoms with Crippen molar-refractivity contribution in [3.8, 4) is 17.2 Å². The van der Waals surface area contributed by atoms with Crippen molar-refractivity contribution < 1.29 is 19.0 Å². The average Bonchev–Trinajstić information content (AvgIpc) is 2.73. The molecule has 0 atom stereocenters. The summed E-state index contributed by atoms with van der Waals surface area (Å²) < 4.78 is 15.9. The second-order valence-corrected chi connectivity index (χ2v) is 6.95. The quantitative estimate of drug-likeness (QED) is 0.407. The summed E-state index contributed by atoms with van der Waals surface area (Å²) in [5.41, 5.74) is 1.95. The minimum atomic E-state index is -0.443. The van der Waals surface area contributed by atoms with Gasteiger partial charge in [-0.3, -0.25) is 9.80 Å². The lowest BCUT2D eigenvalue weighted by Crippen LogP contribution is -2.44. The Kier molecular flexibility index (Phi) is 6.82. The molecule has 1 aliphatic heterocycles. The van der Waals surface area contributed by atoms with Gasteiger partial charge in [0.15, 0.2) is 11.5 Å². The molecule has 1 saturated heterocycles. The summed E-state index contributed by atoms with van der Waals surface area (Å²) in [6.45, 7) is 4.68. The molecule has 1 aliphatic rings. The second-order valence-electron chi connectivity index (χ2n) is 6.51. The van der Waals surface area contributed by atoms with Gasteiger partial charge in [-0.15, -0.1) is 0 Å². The maximum atomic E-state index is 11.3. The van der Waals surface area contributed by atoms with Crippen molar-refractivity contribution in [1.82, 2.24) is 5.01 Å². The third kappa shape index (κ3) is 5.32. The fourth-order valence-corrected chi connectivity index (χ4v) is 3.21. The number of esters is 1. The van der Waals surface area contributed by atoms with Gasteiger partial charge in [-0.1, -0.05) is 11.6 Å². The number of piperazine rings is 1. The summed E-state index contributed by atoms with van der Waals surface area (Å²) in [5.74, 6) is 0.639. The normalized spacial score (nSPS) is 14.2. The average molecular weight is 418 g/mol. The van der Waals surface area contributed by atoms with Gasteiger partial charge in [0.05, 0.1) is 33.5 Å². The second kappa shape index (κ2) is 9.52. The van der Waals surface area contributed by atoms with Crippen molar-refractivity contribution in [2.45, 2.75) is 6.92 Å². The lowest BCUT2D eigenvalue weighted by Gasteiger charge is -2.34. The number of ether oxygens (including phenoxy) is 3. The van der Waals surface area contributed by atoms with Gasteiger partial charge in [0.25, 0.3) is 0 Å². The molecule has 154 valence electrons. The zero-order chi connectivity index (χ0) is 20.8. The number of benzene rings is 2. The number of anilines is 1. The number of hydrazone groups is 1. The SMILES string of the molecule is COc1cc(/C=N\N2CCN(c3ccc(Cl)cc3)CC2)cc(OC)c1OC(C)=O. The van der Waals surface area contributed by atoms with Crippen LogP contribution in [-0.2, 0) is 4.79 Å². The molecule has 1 fully saturated rings. The number of rotatable bonds is 6. The van der Waals surface area contributed by atoms with Crippen molar-refractivity contribution in [3.05, 3.63) is 47.0 Å². The number of halogens is 1. The van der Waals surface area contributed by atoms with Crippen LogP contribution in [0.3, 0.4) is 0 Å². The van der Waals surface area contributed by atoms with E-state index in [9.17, 15) is 4.79 Å². The van der Waals surface area contributed by atoms with Gasteiger partial charge in [0, 0.05) is 36.3 Å². The monoisotopic (exact) mass is 417 g/mol. The first kappa shape index (κ1) is 20.8. The summed E-state index contributed by atoms with van der Waals surface area (Å²) >= 11 is 5.96. The van der Waals surface area contributed by atoms with Gasteiger partial charge in [0.2, 0.25) is 5.75 Å². The number of carbonyl (C=O) groups is 1. The van der Waals surface area contributed by atoms with E-state index in [1.807, 2.05) is 29.3 Å². The highest BCUT2D eigenvalue weighted by Crippen LogP contribution is 2.38. The molecule has 1 heterocycles. The van der Waals surface area contributed by atoms with Crippen LogP contribution in [0.2, 0.25) is 5.02 Å². The third-order valence-electron chi connectivity index (χ3n) is 4.55. The van der Waals surface area contributed by atoms with Crippen LogP contribution < -0.4 is 19.1 Å². The summed E-state index contributed by atoms with van der Waals surface area (Å²) in [6, 6.07) is 11.4. The maximum Gasteiger partial charge on any atom is 0.308 e. The number of methoxy groups -OCH3 is 2. The zero-order valence-electron chi connectivity index (χ0n) is 16.7. The van der Waals surface area contributed by atoms with Crippen LogP contribution >= 0.6 is 11.6 Å². The summed E-state index contributed by atoms with van der Waals surface area (Å²) in [6.07, 6.45) is 1.75. The Morgan fingerprint density at radius 3 is 2.14 bits per heavy atom. The van der Waals surface area contributed by atoms with E-state index in [1.165, 1.54) is 21.1 Å².